The van der Waals surface area contributed by atoms with Crippen molar-refractivity contribution in [3.05, 3.63) is 57.8 Å². The number of benzene rings is 1. The van der Waals surface area contributed by atoms with Gasteiger partial charge in [-0.1, -0.05) is 44.2 Å². The molecule has 0 spiro atoms. The molecule has 2 rings (SSSR count). The Morgan fingerprint density at radius 1 is 1.10 bits per heavy atom. The zero-order valence-electron chi connectivity index (χ0n) is 12.7. The zero-order valence-corrected chi connectivity index (χ0v) is 13.5. The topological polar surface area (TPSA) is 55.1 Å². The van der Waals surface area contributed by atoms with Crippen molar-refractivity contribution in [2.45, 2.75) is 38.8 Å². The third kappa shape index (κ3) is 3.93. The van der Waals surface area contributed by atoms with E-state index in [1.54, 1.807) is 18.3 Å². The van der Waals surface area contributed by atoms with Crippen LogP contribution in [0.1, 0.15) is 48.7 Å². The second kappa shape index (κ2) is 6.87. The number of primary amides is 1. The summed E-state index contributed by atoms with van der Waals surface area (Å²) in [5.41, 5.74) is 7.84. The Hall–Kier alpha value is -1.65. The Morgan fingerprint density at radius 2 is 1.71 bits per heavy atom. The molecule has 1 aromatic heterocycles. The molecule has 3 nitrogen and oxygen atoms in total. The molecule has 0 saturated carbocycles. The summed E-state index contributed by atoms with van der Waals surface area (Å²) in [6.45, 7) is 6.16. The van der Waals surface area contributed by atoms with Crippen molar-refractivity contribution in [3.63, 3.8) is 0 Å². The van der Waals surface area contributed by atoms with Gasteiger partial charge in [0.25, 0.3) is 0 Å². The number of carbonyl (C=O) groups excluding carboxylic acids is 1. The minimum absolute atomic E-state index is 0.00582. The summed E-state index contributed by atoms with van der Waals surface area (Å²) in [4.78, 5) is 12.5. The Kier molecular flexibility index (Phi) is 5.15. The summed E-state index contributed by atoms with van der Waals surface area (Å²) < 4.78 is 0. The van der Waals surface area contributed by atoms with E-state index in [2.05, 4.69) is 49.5 Å². The molecular formula is C17H22N2OS. The fraction of sp³-hybridized carbons (Fsp3) is 0.353. The lowest BCUT2D eigenvalue weighted by Gasteiger charge is -2.22. The average Bonchev–Trinajstić information content (AvgIpc) is 2.98. The van der Waals surface area contributed by atoms with Crippen molar-refractivity contribution in [3.8, 4) is 0 Å². The van der Waals surface area contributed by atoms with E-state index in [1.807, 2.05) is 11.4 Å². The van der Waals surface area contributed by atoms with Gasteiger partial charge in [-0.05, 0) is 35.4 Å². The molecule has 1 aromatic carbocycles. The van der Waals surface area contributed by atoms with Gasteiger partial charge in [-0.2, -0.15) is 0 Å². The Bertz CT molecular complexity index is 575. The Morgan fingerprint density at radius 3 is 2.19 bits per heavy atom. The maximum absolute atomic E-state index is 11.3. The van der Waals surface area contributed by atoms with E-state index >= 15 is 0 Å². The molecule has 21 heavy (non-hydrogen) atoms. The van der Waals surface area contributed by atoms with Crippen molar-refractivity contribution in [2.24, 2.45) is 5.73 Å². The predicted octanol–water partition coefficient (Wildman–Crippen LogP) is 3.42. The van der Waals surface area contributed by atoms with Gasteiger partial charge in [-0.25, -0.2) is 0 Å². The summed E-state index contributed by atoms with van der Waals surface area (Å²) in [6.07, 6.45) is 0. The van der Waals surface area contributed by atoms with Gasteiger partial charge >= 0.3 is 0 Å². The van der Waals surface area contributed by atoms with E-state index in [4.69, 9.17) is 5.73 Å². The number of nitrogens with two attached hydrogens (primary N) is 1. The van der Waals surface area contributed by atoms with E-state index in [9.17, 15) is 4.79 Å². The van der Waals surface area contributed by atoms with Crippen molar-refractivity contribution < 1.29 is 4.79 Å². The number of amides is 1. The van der Waals surface area contributed by atoms with Crippen LogP contribution < -0.4 is 11.1 Å². The van der Waals surface area contributed by atoms with Crippen LogP contribution in [0.2, 0.25) is 0 Å². The number of hydrogen-bond donors (Lipinski definition) is 2. The third-order valence-corrected chi connectivity index (χ3v) is 4.54. The third-order valence-electron chi connectivity index (χ3n) is 3.61. The van der Waals surface area contributed by atoms with Gasteiger partial charge in [0.1, 0.15) is 0 Å². The maximum atomic E-state index is 11.3. The van der Waals surface area contributed by atoms with Gasteiger partial charge in [0.2, 0.25) is 5.91 Å². The van der Waals surface area contributed by atoms with Crippen LogP contribution in [0.5, 0.6) is 0 Å². The first-order chi connectivity index (χ1) is 9.99. The lowest BCUT2D eigenvalue weighted by atomic mass is 9.98. The highest BCUT2D eigenvalue weighted by Crippen LogP contribution is 2.27. The average molecular weight is 302 g/mol. The molecule has 0 unspecified atom stereocenters. The van der Waals surface area contributed by atoms with Crippen LogP contribution in [0.15, 0.2) is 41.8 Å². The van der Waals surface area contributed by atoms with E-state index in [0.717, 1.165) is 5.56 Å². The fourth-order valence-corrected chi connectivity index (χ4v) is 3.02. The number of thiophene rings is 1. The quantitative estimate of drug-likeness (QED) is 0.859. The first-order valence-electron chi connectivity index (χ1n) is 7.17. The predicted molar refractivity (Wildman–Crippen MR) is 88.5 cm³/mol. The van der Waals surface area contributed by atoms with Crippen molar-refractivity contribution >= 4 is 17.2 Å². The molecule has 112 valence electrons. The van der Waals surface area contributed by atoms with Gasteiger partial charge in [0, 0.05) is 4.88 Å². The van der Waals surface area contributed by atoms with Crippen LogP contribution in [0.4, 0.5) is 0 Å². The highest BCUT2D eigenvalue weighted by atomic mass is 32.1. The van der Waals surface area contributed by atoms with Crippen LogP contribution in [0.25, 0.3) is 0 Å². The molecule has 0 aliphatic rings. The molecule has 2 aromatic rings. The van der Waals surface area contributed by atoms with E-state index in [1.165, 1.54) is 10.4 Å². The first kappa shape index (κ1) is 15.7. The van der Waals surface area contributed by atoms with Gasteiger partial charge in [-0.3, -0.25) is 10.1 Å². The van der Waals surface area contributed by atoms with Crippen LogP contribution in [0.3, 0.4) is 0 Å². The monoisotopic (exact) mass is 302 g/mol. The molecule has 0 radical (unpaired) electrons. The molecule has 4 heteroatoms. The lowest BCUT2D eigenvalue weighted by Crippen LogP contribution is -2.40. The maximum Gasteiger partial charge on any atom is 0.234 e. The minimum atomic E-state index is -0.373. The summed E-state index contributed by atoms with van der Waals surface area (Å²) in [5, 5.41) is 5.36. The Labute approximate surface area is 130 Å². The zero-order chi connectivity index (χ0) is 15.4. The molecule has 1 amide bonds. The minimum Gasteiger partial charge on any atom is -0.368 e. The molecule has 0 aliphatic heterocycles. The van der Waals surface area contributed by atoms with Crippen LogP contribution in [0, 0.1) is 0 Å². The smallest absolute Gasteiger partial charge is 0.234 e. The summed E-state index contributed by atoms with van der Waals surface area (Å²) >= 11 is 1.68. The molecular weight excluding hydrogens is 280 g/mol. The molecule has 1 heterocycles. The van der Waals surface area contributed by atoms with E-state index < -0.39 is 0 Å². The molecule has 0 saturated heterocycles. The van der Waals surface area contributed by atoms with Gasteiger partial charge < -0.3 is 5.73 Å². The summed E-state index contributed by atoms with van der Waals surface area (Å²) in [5.74, 6) is 0.173. The summed E-state index contributed by atoms with van der Waals surface area (Å²) in [7, 11) is 0. The van der Waals surface area contributed by atoms with Crippen molar-refractivity contribution in [1.29, 1.82) is 0 Å². The van der Waals surface area contributed by atoms with Crippen LogP contribution >= 0.6 is 11.3 Å². The van der Waals surface area contributed by atoms with Crippen molar-refractivity contribution in [1.82, 2.24) is 5.32 Å². The highest BCUT2D eigenvalue weighted by molar-refractivity contribution is 7.10. The molecule has 0 fully saturated rings. The fourth-order valence-electron chi connectivity index (χ4n) is 2.20. The lowest BCUT2D eigenvalue weighted by molar-refractivity contribution is -0.119. The second-order valence-electron chi connectivity index (χ2n) is 5.56. The van der Waals surface area contributed by atoms with Gasteiger partial charge in [-0.15, -0.1) is 11.3 Å². The Balaban J connectivity index is 2.29. The first-order valence-corrected chi connectivity index (χ1v) is 8.05. The number of rotatable bonds is 6. The second-order valence-corrected chi connectivity index (χ2v) is 6.54. The molecule has 0 aliphatic carbocycles. The normalized spacial score (nSPS) is 14.1. The molecule has 3 N–H and O–H groups in total. The SMILES string of the molecule is CC(C)c1ccc([C@H](N[C@H](C)C(N)=O)c2cccs2)cc1. The van der Waals surface area contributed by atoms with Crippen LogP contribution in [-0.4, -0.2) is 11.9 Å². The number of carbonyl (C=O) groups is 1. The van der Waals surface area contributed by atoms with E-state index in [-0.39, 0.29) is 18.0 Å². The summed E-state index contributed by atoms with van der Waals surface area (Å²) in [6, 6.07) is 12.3. The van der Waals surface area contributed by atoms with E-state index in [0.29, 0.717) is 5.92 Å². The molecule has 0 bridgehead atoms. The van der Waals surface area contributed by atoms with Crippen molar-refractivity contribution in [2.75, 3.05) is 0 Å². The largest absolute Gasteiger partial charge is 0.368 e. The van der Waals surface area contributed by atoms with Crippen LogP contribution in [-0.2, 0) is 4.79 Å². The standard InChI is InChI=1S/C17H22N2OS/c1-11(2)13-6-8-14(9-7-13)16(15-5-4-10-21-15)19-12(3)17(18)20/h4-12,16,19H,1-3H3,(H2,18,20)/t12-,16+/m1/s1. The van der Waals surface area contributed by atoms with Gasteiger partial charge in [0.15, 0.2) is 0 Å². The number of nitrogens with one attached hydrogen (secondary N) is 1. The highest BCUT2D eigenvalue weighted by Gasteiger charge is 2.20. The number of hydrogen-bond acceptors (Lipinski definition) is 3. The van der Waals surface area contributed by atoms with Gasteiger partial charge in [0.05, 0.1) is 12.1 Å². The molecule has 2 atom stereocenters.